The van der Waals surface area contributed by atoms with Crippen molar-refractivity contribution in [3.63, 3.8) is 0 Å². The molecule has 0 amide bonds. The van der Waals surface area contributed by atoms with Crippen molar-refractivity contribution in [3.05, 3.63) is 52.6 Å². The Kier molecular flexibility index (Phi) is 6.21. The van der Waals surface area contributed by atoms with E-state index >= 15 is 0 Å². The number of amidine groups is 1. The molecule has 0 aliphatic rings. The van der Waals surface area contributed by atoms with Gasteiger partial charge in [-0.05, 0) is 62.6 Å². The molecule has 0 aliphatic heterocycles. The molecule has 0 saturated heterocycles. The SMILES string of the molecule is CCC(C)N=C(N)c1cc(C)c(N=Nc2nc3c(C(F)(F)F)cccc3s2)cc1C. The van der Waals surface area contributed by atoms with E-state index in [1.807, 2.05) is 39.8 Å². The van der Waals surface area contributed by atoms with Gasteiger partial charge in [0.1, 0.15) is 5.84 Å². The third-order valence-electron chi connectivity index (χ3n) is 4.73. The summed E-state index contributed by atoms with van der Waals surface area (Å²) >= 11 is 1.06. The molecule has 1 atom stereocenters. The minimum atomic E-state index is -4.47. The number of thiazole rings is 1. The van der Waals surface area contributed by atoms with Gasteiger partial charge in [-0.15, -0.1) is 10.2 Å². The summed E-state index contributed by atoms with van der Waals surface area (Å²) in [6.07, 6.45) is -3.58. The number of nitrogens with two attached hydrogens (primary N) is 1. The zero-order chi connectivity index (χ0) is 22.1. The molecular formula is C21H22F3N5S. The smallest absolute Gasteiger partial charge is 0.383 e. The van der Waals surface area contributed by atoms with E-state index < -0.39 is 11.7 Å². The van der Waals surface area contributed by atoms with Crippen LogP contribution in [0.4, 0.5) is 24.0 Å². The van der Waals surface area contributed by atoms with Crippen molar-refractivity contribution in [2.75, 3.05) is 0 Å². The number of para-hydroxylation sites is 1. The number of nitrogens with zero attached hydrogens (tertiary/aromatic N) is 4. The first-order valence-electron chi connectivity index (χ1n) is 9.43. The maximum absolute atomic E-state index is 13.2. The number of halogens is 3. The van der Waals surface area contributed by atoms with Crippen molar-refractivity contribution < 1.29 is 13.2 Å². The molecule has 2 N–H and O–H groups in total. The van der Waals surface area contributed by atoms with E-state index in [0.717, 1.165) is 40.5 Å². The van der Waals surface area contributed by atoms with Crippen LogP contribution in [0, 0.1) is 13.8 Å². The molecule has 158 valence electrons. The van der Waals surface area contributed by atoms with Gasteiger partial charge in [0.2, 0.25) is 5.13 Å². The summed E-state index contributed by atoms with van der Waals surface area (Å²) in [5.74, 6) is 0.472. The zero-order valence-electron chi connectivity index (χ0n) is 17.1. The van der Waals surface area contributed by atoms with Crippen LogP contribution in [0.25, 0.3) is 10.2 Å². The summed E-state index contributed by atoms with van der Waals surface area (Å²) in [7, 11) is 0. The fourth-order valence-corrected chi connectivity index (χ4v) is 3.70. The van der Waals surface area contributed by atoms with Crippen LogP contribution in [-0.4, -0.2) is 16.9 Å². The van der Waals surface area contributed by atoms with Gasteiger partial charge in [0.15, 0.2) is 0 Å². The molecule has 0 aliphatic carbocycles. The summed E-state index contributed by atoms with van der Waals surface area (Å²) in [5, 5.41) is 8.46. The molecule has 1 aromatic heterocycles. The van der Waals surface area contributed by atoms with Gasteiger partial charge in [0.05, 0.1) is 21.5 Å². The number of aromatic nitrogens is 1. The highest BCUT2D eigenvalue weighted by Crippen LogP contribution is 2.38. The number of benzene rings is 2. The number of azo groups is 1. The van der Waals surface area contributed by atoms with Crippen LogP contribution < -0.4 is 5.73 Å². The highest BCUT2D eigenvalue weighted by molar-refractivity contribution is 7.21. The zero-order valence-corrected chi connectivity index (χ0v) is 17.9. The van der Waals surface area contributed by atoms with Crippen molar-refractivity contribution in [2.45, 2.75) is 46.3 Å². The number of aryl methyl sites for hydroxylation is 2. The number of aliphatic imine (C=N–C) groups is 1. The molecule has 9 heteroatoms. The highest BCUT2D eigenvalue weighted by atomic mass is 32.1. The summed E-state index contributed by atoms with van der Waals surface area (Å²) in [4.78, 5) is 8.52. The first-order valence-corrected chi connectivity index (χ1v) is 10.2. The van der Waals surface area contributed by atoms with Crippen molar-refractivity contribution >= 4 is 38.2 Å². The summed E-state index contributed by atoms with van der Waals surface area (Å²) in [6, 6.07) is 7.82. The number of alkyl halides is 3. The number of hydrogen-bond acceptors (Lipinski definition) is 5. The maximum Gasteiger partial charge on any atom is 0.418 e. The van der Waals surface area contributed by atoms with Crippen LogP contribution in [-0.2, 0) is 6.18 Å². The molecule has 1 heterocycles. The fraction of sp³-hybridized carbons (Fsp3) is 0.333. The first-order chi connectivity index (χ1) is 14.1. The maximum atomic E-state index is 13.2. The average Bonchev–Trinajstić information content (AvgIpc) is 3.10. The molecule has 1 unspecified atom stereocenters. The van der Waals surface area contributed by atoms with Crippen LogP contribution >= 0.6 is 11.3 Å². The molecule has 5 nitrogen and oxygen atoms in total. The van der Waals surface area contributed by atoms with Crippen molar-refractivity contribution in [1.82, 2.24) is 4.98 Å². The second kappa shape index (κ2) is 8.51. The standard InChI is InChI=1S/C21H22F3N5S/c1-5-13(4)26-19(25)14-9-12(3)16(10-11(14)2)28-29-20-27-18-15(21(22,23)24)7-6-8-17(18)30-20/h6-10,13H,5H2,1-4H3,(H2,25,26). The first kappa shape index (κ1) is 21.9. The van der Waals surface area contributed by atoms with E-state index in [9.17, 15) is 13.2 Å². The lowest BCUT2D eigenvalue weighted by molar-refractivity contribution is -0.136. The Morgan fingerprint density at radius 3 is 2.57 bits per heavy atom. The third kappa shape index (κ3) is 4.67. The Hall–Kier alpha value is -2.81. The normalized spacial score (nSPS) is 14.0. The summed E-state index contributed by atoms with van der Waals surface area (Å²) < 4.78 is 39.9. The minimum absolute atomic E-state index is 0.110. The molecule has 2 aromatic carbocycles. The van der Waals surface area contributed by atoms with Gasteiger partial charge in [-0.3, -0.25) is 4.99 Å². The van der Waals surface area contributed by atoms with Gasteiger partial charge < -0.3 is 5.73 Å². The molecule has 3 rings (SSSR count). The monoisotopic (exact) mass is 433 g/mol. The topological polar surface area (TPSA) is 76.0 Å². The Bertz CT molecular complexity index is 1130. The van der Waals surface area contributed by atoms with Gasteiger partial charge in [-0.2, -0.15) is 13.2 Å². The predicted octanol–water partition coefficient (Wildman–Crippen LogP) is 6.85. The molecular weight excluding hydrogens is 411 g/mol. The van der Waals surface area contributed by atoms with Crippen molar-refractivity contribution in [2.24, 2.45) is 21.0 Å². The largest absolute Gasteiger partial charge is 0.418 e. The number of rotatable bonds is 5. The summed E-state index contributed by atoms with van der Waals surface area (Å²) in [6.45, 7) is 7.82. The molecule has 0 radical (unpaired) electrons. The third-order valence-corrected chi connectivity index (χ3v) is 5.63. The van der Waals surface area contributed by atoms with Crippen LogP contribution in [0.1, 0.15) is 42.5 Å². The molecule has 0 spiro atoms. The average molecular weight is 434 g/mol. The number of fused-ring (bicyclic) bond motifs is 1. The van der Waals surface area contributed by atoms with E-state index in [2.05, 4.69) is 20.2 Å². The van der Waals surface area contributed by atoms with Crippen LogP contribution in [0.15, 0.2) is 45.6 Å². The lowest BCUT2D eigenvalue weighted by atomic mass is 10.0. The predicted molar refractivity (Wildman–Crippen MR) is 115 cm³/mol. The fourth-order valence-electron chi connectivity index (χ4n) is 2.89. The highest BCUT2D eigenvalue weighted by Gasteiger charge is 2.33. The molecule has 0 fully saturated rings. The van der Waals surface area contributed by atoms with Crippen LogP contribution in [0.2, 0.25) is 0 Å². The van der Waals surface area contributed by atoms with Gasteiger partial charge >= 0.3 is 6.18 Å². The Labute approximate surface area is 176 Å². The van der Waals surface area contributed by atoms with E-state index in [4.69, 9.17) is 5.73 Å². The van der Waals surface area contributed by atoms with Crippen molar-refractivity contribution in [3.8, 4) is 0 Å². The lowest BCUT2D eigenvalue weighted by Crippen LogP contribution is -2.18. The number of hydrogen-bond donors (Lipinski definition) is 1. The van der Waals surface area contributed by atoms with Crippen LogP contribution in [0.3, 0.4) is 0 Å². The Balaban J connectivity index is 1.93. The summed E-state index contributed by atoms with van der Waals surface area (Å²) in [5.41, 5.74) is 8.42. The molecule has 0 saturated carbocycles. The van der Waals surface area contributed by atoms with E-state index in [1.165, 1.54) is 6.07 Å². The van der Waals surface area contributed by atoms with Crippen LogP contribution in [0.5, 0.6) is 0 Å². The Morgan fingerprint density at radius 1 is 1.17 bits per heavy atom. The Morgan fingerprint density at radius 2 is 1.90 bits per heavy atom. The van der Waals surface area contributed by atoms with E-state index in [1.54, 1.807) is 6.07 Å². The second-order valence-corrected chi connectivity index (χ2v) is 8.08. The minimum Gasteiger partial charge on any atom is -0.383 e. The molecule has 3 aromatic rings. The van der Waals surface area contributed by atoms with E-state index in [-0.39, 0.29) is 16.7 Å². The molecule has 0 bridgehead atoms. The quantitative estimate of drug-likeness (QED) is 0.271. The second-order valence-electron chi connectivity index (χ2n) is 7.07. The van der Waals surface area contributed by atoms with Crippen molar-refractivity contribution in [1.29, 1.82) is 0 Å². The van der Waals surface area contributed by atoms with Gasteiger partial charge in [-0.1, -0.05) is 24.3 Å². The molecule has 30 heavy (non-hydrogen) atoms. The lowest BCUT2D eigenvalue weighted by Gasteiger charge is -2.10. The van der Waals surface area contributed by atoms with Gasteiger partial charge in [0, 0.05) is 11.6 Å². The van der Waals surface area contributed by atoms with Gasteiger partial charge in [-0.25, -0.2) is 4.98 Å². The van der Waals surface area contributed by atoms with Gasteiger partial charge in [0.25, 0.3) is 0 Å². The van der Waals surface area contributed by atoms with E-state index in [0.29, 0.717) is 16.2 Å².